The normalized spacial score (nSPS) is 12.3. The third kappa shape index (κ3) is 5.99. The summed E-state index contributed by atoms with van der Waals surface area (Å²) in [6.45, 7) is 2.50. The van der Waals surface area contributed by atoms with E-state index >= 15 is 0 Å². The lowest BCUT2D eigenvalue weighted by molar-refractivity contribution is 0.136. The van der Waals surface area contributed by atoms with Crippen LogP contribution in [0.25, 0.3) is 0 Å². The van der Waals surface area contributed by atoms with Crippen molar-refractivity contribution in [1.29, 1.82) is 0 Å². The first-order valence-electron chi connectivity index (χ1n) is 3.65. The zero-order chi connectivity index (χ0) is 8.69. The second-order valence-corrected chi connectivity index (χ2v) is 3.46. The number of hydrogen-bond acceptors (Lipinski definition) is 4. The lowest BCUT2D eigenvalue weighted by atomic mass is 10.2. The van der Waals surface area contributed by atoms with Crippen LogP contribution in [0.3, 0.4) is 0 Å². The van der Waals surface area contributed by atoms with E-state index < -0.39 is 9.17 Å². The fourth-order valence-electron chi connectivity index (χ4n) is 0.677. The predicted molar refractivity (Wildman–Crippen MR) is 42.3 cm³/mol. The molecule has 0 aliphatic rings. The van der Waals surface area contributed by atoms with Crippen molar-refractivity contribution in [2.45, 2.75) is 25.9 Å². The van der Waals surface area contributed by atoms with Crippen molar-refractivity contribution in [1.82, 2.24) is 0 Å². The first-order chi connectivity index (χ1) is 5.20. The standard InChI is InChI=1S/C6H15NO3Si/c1-6(4-3-5-7)10-11(8)9-2/h6H,3-5,7H2,1-2H3. The van der Waals surface area contributed by atoms with Crippen molar-refractivity contribution in [2.24, 2.45) is 5.73 Å². The molecule has 0 heterocycles. The van der Waals surface area contributed by atoms with Crippen LogP contribution in [0.15, 0.2) is 0 Å². The van der Waals surface area contributed by atoms with Crippen LogP contribution >= 0.6 is 0 Å². The van der Waals surface area contributed by atoms with Gasteiger partial charge >= 0.3 is 9.17 Å². The largest absolute Gasteiger partial charge is 0.767 e. The monoisotopic (exact) mass is 177 g/mol. The van der Waals surface area contributed by atoms with Gasteiger partial charge in [0.15, 0.2) is 0 Å². The van der Waals surface area contributed by atoms with Crippen LogP contribution in [-0.4, -0.2) is 28.9 Å². The molecule has 0 fully saturated rings. The van der Waals surface area contributed by atoms with E-state index in [1.54, 1.807) is 0 Å². The van der Waals surface area contributed by atoms with E-state index in [0.717, 1.165) is 12.8 Å². The molecule has 0 rings (SSSR count). The van der Waals surface area contributed by atoms with Crippen molar-refractivity contribution in [3.05, 3.63) is 0 Å². The van der Waals surface area contributed by atoms with Gasteiger partial charge in [0.25, 0.3) is 0 Å². The molecule has 66 valence electrons. The highest BCUT2D eigenvalue weighted by molar-refractivity contribution is 6.26. The van der Waals surface area contributed by atoms with Crippen molar-refractivity contribution in [3.8, 4) is 0 Å². The Morgan fingerprint density at radius 3 is 2.73 bits per heavy atom. The second-order valence-electron chi connectivity index (χ2n) is 2.31. The van der Waals surface area contributed by atoms with Gasteiger partial charge in [-0.1, -0.05) is 0 Å². The molecule has 0 radical (unpaired) electrons. The number of nitrogens with two attached hydrogens (primary N) is 1. The molecule has 1 atom stereocenters. The van der Waals surface area contributed by atoms with Crippen LogP contribution in [0.1, 0.15) is 19.8 Å². The summed E-state index contributed by atoms with van der Waals surface area (Å²) < 4.78 is 20.2. The molecule has 5 heteroatoms. The summed E-state index contributed by atoms with van der Waals surface area (Å²) in [4.78, 5) is 0. The van der Waals surface area contributed by atoms with Gasteiger partial charge in [0.1, 0.15) is 0 Å². The zero-order valence-corrected chi connectivity index (χ0v) is 8.00. The van der Waals surface area contributed by atoms with Crippen molar-refractivity contribution >= 4 is 9.17 Å². The average molecular weight is 177 g/mol. The highest BCUT2D eigenvalue weighted by Crippen LogP contribution is 1.99. The summed E-state index contributed by atoms with van der Waals surface area (Å²) in [6, 6.07) is 0. The summed E-state index contributed by atoms with van der Waals surface area (Å²) in [5, 5.41) is 0. The van der Waals surface area contributed by atoms with Gasteiger partial charge in [-0.3, -0.25) is 4.46 Å². The van der Waals surface area contributed by atoms with Gasteiger partial charge in [-0.05, 0) is 26.3 Å². The Labute approximate surface area is 68.6 Å². The Kier molecular flexibility index (Phi) is 6.06. The summed E-state index contributed by atoms with van der Waals surface area (Å²) in [5.41, 5.74) is 5.28. The highest BCUT2D eigenvalue weighted by Gasteiger charge is 2.12. The molecule has 0 bridgehead atoms. The molecule has 0 saturated carbocycles. The van der Waals surface area contributed by atoms with Gasteiger partial charge in [0.2, 0.25) is 0 Å². The Balaban J connectivity index is 3.35. The molecule has 4 nitrogen and oxygen atoms in total. The zero-order valence-electron chi connectivity index (χ0n) is 7.00. The molecule has 2 N–H and O–H groups in total. The molecule has 0 aliphatic heterocycles. The fraction of sp³-hybridized carbons (Fsp3) is 1.00. The maximum atomic E-state index is 10.7. The fourth-order valence-corrected chi connectivity index (χ4v) is 1.22. The van der Waals surface area contributed by atoms with E-state index in [1.807, 2.05) is 6.92 Å². The molecule has 11 heavy (non-hydrogen) atoms. The summed E-state index contributed by atoms with van der Waals surface area (Å²) >= 11 is 0. The molecule has 0 spiro atoms. The van der Waals surface area contributed by atoms with Gasteiger partial charge in [0.05, 0.1) is 13.2 Å². The molecular weight excluding hydrogens is 162 g/mol. The Morgan fingerprint density at radius 2 is 2.27 bits per heavy atom. The van der Waals surface area contributed by atoms with E-state index in [0.29, 0.717) is 6.54 Å². The van der Waals surface area contributed by atoms with Crippen LogP contribution in [0.5, 0.6) is 0 Å². The minimum absolute atomic E-state index is 0.0233. The maximum absolute atomic E-state index is 10.7. The van der Waals surface area contributed by atoms with E-state index in [-0.39, 0.29) is 6.10 Å². The van der Waals surface area contributed by atoms with E-state index in [4.69, 9.17) is 10.2 Å². The molecule has 0 amide bonds. The second kappa shape index (κ2) is 6.30. The van der Waals surface area contributed by atoms with E-state index in [9.17, 15) is 4.46 Å². The van der Waals surface area contributed by atoms with E-state index in [1.165, 1.54) is 7.11 Å². The van der Waals surface area contributed by atoms with Crippen molar-refractivity contribution in [3.63, 3.8) is 0 Å². The lowest BCUT2D eigenvalue weighted by Crippen LogP contribution is -2.19. The third-order valence-electron chi connectivity index (χ3n) is 1.28. The molecule has 0 saturated heterocycles. The van der Waals surface area contributed by atoms with Crippen LogP contribution in [0, 0.1) is 0 Å². The summed E-state index contributed by atoms with van der Waals surface area (Å²) in [6.07, 6.45) is 1.70. The average Bonchev–Trinajstić information content (AvgIpc) is 2.00. The van der Waals surface area contributed by atoms with Crippen molar-refractivity contribution in [2.75, 3.05) is 13.7 Å². The highest BCUT2D eigenvalue weighted by atomic mass is 28.3. The van der Waals surface area contributed by atoms with Gasteiger partial charge in [-0.2, -0.15) is 0 Å². The first-order valence-corrected chi connectivity index (χ1v) is 4.87. The molecule has 1 unspecified atom stereocenters. The van der Waals surface area contributed by atoms with Gasteiger partial charge in [-0.25, -0.2) is 0 Å². The van der Waals surface area contributed by atoms with Crippen LogP contribution < -0.4 is 5.73 Å². The lowest BCUT2D eigenvalue weighted by Gasteiger charge is -2.10. The van der Waals surface area contributed by atoms with Crippen LogP contribution in [0.2, 0.25) is 0 Å². The van der Waals surface area contributed by atoms with Gasteiger partial charge in [-0.15, -0.1) is 0 Å². The molecule has 0 aromatic rings. The van der Waals surface area contributed by atoms with Crippen molar-refractivity contribution < 1.29 is 13.3 Å². The van der Waals surface area contributed by atoms with Gasteiger partial charge in [0, 0.05) is 0 Å². The molecule has 0 aromatic carbocycles. The summed E-state index contributed by atoms with van der Waals surface area (Å²) in [7, 11) is -0.877. The minimum Gasteiger partial charge on any atom is -0.499 e. The Hall–Kier alpha value is -0.423. The molecule has 0 aromatic heterocycles. The van der Waals surface area contributed by atoms with Crippen LogP contribution in [-0.2, 0) is 13.3 Å². The Bertz CT molecular complexity index is 120. The first kappa shape index (κ1) is 10.6. The smallest absolute Gasteiger partial charge is 0.499 e. The third-order valence-corrected chi connectivity index (χ3v) is 2.21. The predicted octanol–water partition coefficient (Wildman–Crippen LogP) is 0.192. The SMILES string of the molecule is CO[Si](=O)OC(C)CCCN. The number of hydrogen-bond donors (Lipinski definition) is 1. The maximum Gasteiger partial charge on any atom is 0.767 e. The topological polar surface area (TPSA) is 61.5 Å². The van der Waals surface area contributed by atoms with Gasteiger partial charge < -0.3 is 14.6 Å². The van der Waals surface area contributed by atoms with E-state index in [2.05, 4.69) is 4.43 Å². The Morgan fingerprint density at radius 1 is 1.64 bits per heavy atom. The summed E-state index contributed by atoms with van der Waals surface area (Å²) in [5.74, 6) is 0. The molecular formula is C6H15NO3Si. The minimum atomic E-state index is -2.25. The number of rotatable bonds is 6. The van der Waals surface area contributed by atoms with Crippen LogP contribution in [0.4, 0.5) is 0 Å². The molecule has 0 aliphatic carbocycles. The quantitative estimate of drug-likeness (QED) is 0.588.